The molecule has 0 spiro atoms. The van der Waals surface area contributed by atoms with Gasteiger partial charge in [-0.3, -0.25) is 0 Å². The van der Waals surface area contributed by atoms with Gasteiger partial charge in [0.15, 0.2) is 0 Å². The molecule has 1 N–H and O–H groups in total. The largest absolute Gasteiger partial charge is 0.444 e. The van der Waals surface area contributed by atoms with Crippen molar-refractivity contribution in [3.05, 3.63) is 0 Å². The van der Waals surface area contributed by atoms with Crippen molar-refractivity contribution in [2.75, 3.05) is 13.1 Å². The number of likely N-dealkylation sites (tertiary alicyclic amines) is 1. The van der Waals surface area contributed by atoms with Gasteiger partial charge in [-0.1, -0.05) is 0 Å². The summed E-state index contributed by atoms with van der Waals surface area (Å²) >= 11 is 0. The predicted molar refractivity (Wildman–Crippen MR) is 71.5 cm³/mol. The summed E-state index contributed by atoms with van der Waals surface area (Å²) < 4.78 is 5.56. The van der Waals surface area contributed by atoms with E-state index in [0.717, 1.165) is 25.9 Å². The van der Waals surface area contributed by atoms with E-state index in [1.165, 1.54) is 6.42 Å². The number of piperidine rings is 2. The van der Waals surface area contributed by atoms with E-state index in [0.29, 0.717) is 18.0 Å². The Morgan fingerprint density at radius 1 is 1.28 bits per heavy atom. The van der Waals surface area contributed by atoms with Crippen molar-refractivity contribution in [2.24, 2.45) is 5.92 Å². The van der Waals surface area contributed by atoms with Gasteiger partial charge in [0.25, 0.3) is 0 Å². The van der Waals surface area contributed by atoms with Crippen LogP contribution in [0.15, 0.2) is 0 Å². The minimum absolute atomic E-state index is 0.133. The van der Waals surface area contributed by atoms with E-state index in [9.17, 15) is 4.79 Å². The topological polar surface area (TPSA) is 41.6 Å². The van der Waals surface area contributed by atoms with Crippen LogP contribution < -0.4 is 5.32 Å². The number of amides is 1. The molecule has 2 rings (SSSR count). The second-order valence-corrected chi connectivity index (χ2v) is 6.63. The van der Waals surface area contributed by atoms with Crippen LogP contribution in [0.3, 0.4) is 0 Å². The zero-order valence-corrected chi connectivity index (χ0v) is 12.0. The van der Waals surface area contributed by atoms with Gasteiger partial charge in [-0.15, -0.1) is 0 Å². The number of hydrogen-bond donors (Lipinski definition) is 1. The summed E-state index contributed by atoms with van der Waals surface area (Å²) in [6.07, 6.45) is 3.22. The maximum atomic E-state index is 12.4. The van der Waals surface area contributed by atoms with Crippen LogP contribution in [0.1, 0.15) is 47.0 Å². The third-order valence-corrected chi connectivity index (χ3v) is 3.96. The summed E-state index contributed by atoms with van der Waals surface area (Å²) in [5.74, 6) is 0.600. The molecule has 2 fully saturated rings. The molecular weight excluding hydrogens is 228 g/mol. The summed E-state index contributed by atoms with van der Waals surface area (Å²) in [4.78, 5) is 14.4. The molecule has 4 nitrogen and oxygen atoms in total. The standard InChI is InChI=1S/C14H26N2O2/c1-10-5-6-11-9-15-8-7-12(11)16(10)13(17)18-14(2,3)4/h10-12,15H,5-9H2,1-4H3. The highest BCUT2D eigenvalue weighted by Crippen LogP contribution is 2.32. The molecule has 3 unspecified atom stereocenters. The minimum atomic E-state index is -0.406. The SMILES string of the molecule is CC1CCC2CNCCC2N1C(=O)OC(C)(C)C. The molecule has 0 saturated carbocycles. The average molecular weight is 254 g/mol. The molecule has 4 heteroatoms. The summed E-state index contributed by atoms with van der Waals surface area (Å²) in [5.41, 5.74) is -0.406. The van der Waals surface area contributed by atoms with E-state index >= 15 is 0 Å². The van der Waals surface area contributed by atoms with Crippen LogP contribution >= 0.6 is 0 Å². The van der Waals surface area contributed by atoms with E-state index in [4.69, 9.17) is 4.74 Å². The molecule has 0 aromatic heterocycles. The Bertz CT molecular complexity index is 311. The number of fused-ring (bicyclic) bond motifs is 1. The fourth-order valence-electron chi connectivity index (χ4n) is 3.12. The van der Waals surface area contributed by atoms with E-state index < -0.39 is 5.60 Å². The quantitative estimate of drug-likeness (QED) is 0.721. The Balaban J connectivity index is 2.09. The first-order valence-corrected chi connectivity index (χ1v) is 7.10. The van der Waals surface area contributed by atoms with Crippen LogP contribution in [-0.2, 0) is 4.74 Å². The number of carbonyl (C=O) groups is 1. The first kappa shape index (κ1) is 13.7. The summed E-state index contributed by atoms with van der Waals surface area (Å²) in [6.45, 7) is 9.98. The van der Waals surface area contributed by atoms with Crippen molar-refractivity contribution >= 4 is 6.09 Å². The van der Waals surface area contributed by atoms with Crippen LogP contribution in [0.25, 0.3) is 0 Å². The van der Waals surface area contributed by atoms with E-state index in [-0.39, 0.29) is 6.09 Å². The van der Waals surface area contributed by atoms with Gasteiger partial charge in [0.1, 0.15) is 5.60 Å². The Kier molecular flexibility index (Phi) is 3.85. The van der Waals surface area contributed by atoms with E-state index in [1.807, 2.05) is 25.7 Å². The fraction of sp³-hybridized carbons (Fsp3) is 0.929. The molecule has 0 aliphatic carbocycles. The molecule has 2 saturated heterocycles. The number of rotatable bonds is 0. The molecular formula is C14H26N2O2. The number of nitrogens with one attached hydrogen (secondary N) is 1. The van der Waals surface area contributed by atoms with E-state index in [2.05, 4.69) is 12.2 Å². The van der Waals surface area contributed by atoms with Crippen molar-refractivity contribution in [2.45, 2.75) is 64.6 Å². The zero-order valence-electron chi connectivity index (χ0n) is 12.0. The molecule has 0 aromatic rings. The minimum Gasteiger partial charge on any atom is -0.444 e. The van der Waals surface area contributed by atoms with Crippen molar-refractivity contribution in [1.29, 1.82) is 0 Å². The second-order valence-electron chi connectivity index (χ2n) is 6.63. The van der Waals surface area contributed by atoms with Crippen molar-refractivity contribution < 1.29 is 9.53 Å². The van der Waals surface area contributed by atoms with Gasteiger partial charge in [0, 0.05) is 12.1 Å². The first-order valence-electron chi connectivity index (χ1n) is 7.10. The predicted octanol–water partition coefficient (Wildman–Crippen LogP) is 2.38. The molecule has 0 radical (unpaired) electrons. The fourth-order valence-corrected chi connectivity index (χ4v) is 3.12. The molecule has 2 aliphatic heterocycles. The summed E-state index contributed by atoms with van der Waals surface area (Å²) in [7, 11) is 0. The molecule has 2 aliphatic rings. The summed E-state index contributed by atoms with van der Waals surface area (Å²) in [6, 6.07) is 0.670. The van der Waals surface area contributed by atoms with Crippen LogP contribution in [0.2, 0.25) is 0 Å². The highest BCUT2D eigenvalue weighted by molar-refractivity contribution is 5.69. The molecule has 2 heterocycles. The van der Waals surface area contributed by atoms with Gasteiger partial charge in [-0.2, -0.15) is 0 Å². The Hall–Kier alpha value is -0.770. The molecule has 0 aromatic carbocycles. The Morgan fingerprint density at radius 3 is 2.67 bits per heavy atom. The zero-order chi connectivity index (χ0) is 13.3. The highest BCUT2D eigenvalue weighted by atomic mass is 16.6. The maximum Gasteiger partial charge on any atom is 0.410 e. The summed E-state index contributed by atoms with van der Waals surface area (Å²) in [5, 5.41) is 3.43. The van der Waals surface area contributed by atoms with Crippen molar-refractivity contribution in [3.63, 3.8) is 0 Å². The lowest BCUT2D eigenvalue weighted by Gasteiger charge is -2.47. The average Bonchev–Trinajstić information content (AvgIpc) is 2.26. The number of ether oxygens (including phenoxy) is 1. The molecule has 1 amide bonds. The van der Waals surface area contributed by atoms with Crippen LogP contribution in [0.4, 0.5) is 4.79 Å². The van der Waals surface area contributed by atoms with Gasteiger partial charge < -0.3 is 15.0 Å². The van der Waals surface area contributed by atoms with Gasteiger partial charge >= 0.3 is 6.09 Å². The number of hydrogen-bond acceptors (Lipinski definition) is 3. The monoisotopic (exact) mass is 254 g/mol. The number of nitrogens with zero attached hydrogens (tertiary/aromatic N) is 1. The van der Waals surface area contributed by atoms with Crippen molar-refractivity contribution in [1.82, 2.24) is 10.2 Å². The van der Waals surface area contributed by atoms with Gasteiger partial charge in [0.2, 0.25) is 0 Å². The van der Waals surface area contributed by atoms with Crippen LogP contribution in [0.5, 0.6) is 0 Å². The van der Waals surface area contributed by atoms with Gasteiger partial charge in [0.05, 0.1) is 0 Å². The highest BCUT2D eigenvalue weighted by Gasteiger charge is 2.40. The molecule has 3 atom stereocenters. The van der Waals surface area contributed by atoms with Crippen LogP contribution in [0, 0.1) is 5.92 Å². The normalized spacial score (nSPS) is 32.9. The lowest BCUT2D eigenvalue weighted by atomic mass is 9.82. The third-order valence-electron chi connectivity index (χ3n) is 3.96. The third kappa shape index (κ3) is 2.97. The van der Waals surface area contributed by atoms with Gasteiger partial charge in [-0.05, 0) is 66.0 Å². The Labute approximate surface area is 110 Å². The second kappa shape index (κ2) is 5.08. The Morgan fingerprint density at radius 2 is 2.00 bits per heavy atom. The molecule has 0 bridgehead atoms. The van der Waals surface area contributed by atoms with Gasteiger partial charge in [-0.25, -0.2) is 4.79 Å². The van der Waals surface area contributed by atoms with Crippen molar-refractivity contribution in [3.8, 4) is 0 Å². The molecule has 18 heavy (non-hydrogen) atoms. The molecule has 104 valence electrons. The smallest absolute Gasteiger partial charge is 0.410 e. The lowest BCUT2D eigenvalue weighted by Crippen LogP contribution is -2.58. The lowest BCUT2D eigenvalue weighted by molar-refractivity contribution is -0.0210. The first-order chi connectivity index (χ1) is 8.38. The van der Waals surface area contributed by atoms with Crippen LogP contribution in [-0.4, -0.2) is 41.8 Å². The maximum absolute atomic E-state index is 12.4. The number of carbonyl (C=O) groups excluding carboxylic acids is 1. The van der Waals surface area contributed by atoms with E-state index in [1.54, 1.807) is 0 Å².